The summed E-state index contributed by atoms with van der Waals surface area (Å²) in [5, 5.41) is 10.0. The number of benzene rings is 1. The van der Waals surface area contributed by atoms with E-state index in [1.54, 1.807) is 42.5 Å². The van der Waals surface area contributed by atoms with Crippen molar-refractivity contribution in [3.8, 4) is 5.75 Å². The number of carbonyl (C=O) groups is 1. The highest BCUT2D eigenvalue weighted by Crippen LogP contribution is 2.22. The second-order valence-corrected chi connectivity index (χ2v) is 5.34. The zero-order chi connectivity index (χ0) is 17.6. The van der Waals surface area contributed by atoms with Crippen LogP contribution in [0.2, 0.25) is 0 Å². The molecule has 0 saturated heterocycles. The molecule has 0 bridgehead atoms. The molecule has 7 heteroatoms. The Morgan fingerprint density at radius 1 is 1.20 bits per heavy atom. The van der Waals surface area contributed by atoms with Crippen LogP contribution in [0.5, 0.6) is 5.75 Å². The van der Waals surface area contributed by atoms with Gasteiger partial charge in [0.05, 0.1) is 24.1 Å². The monoisotopic (exact) mass is 337 g/mol. The number of anilines is 3. The molecule has 2 aromatic heterocycles. The quantitative estimate of drug-likeness (QED) is 0.722. The summed E-state index contributed by atoms with van der Waals surface area (Å²) in [7, 11) is 1.79. The maximum atomic E-state index is 12.5. The summed E-state index contributed by atoms with van der Waals surface area (Å²) in [6.45, 7) is 2.55. The van der Waals surface area contributed by atoms with Gasteiger partial charge in [0, 0.05) is 25.1 Å². The lowest BCUT2D eigenvalue weighted by Crippen LogP contribution is -2.14. The minimum atomic E-state index is -0.255. The van der Waals surface area contributed by atoms with Gasteiger partial charge in [-0.2, -0.15) is 5.10 Å². The molecule has 0 aliphatic heterocycles. The topological polar surface area (TPSA) is 81.1 Å². The number of hydrogen-bond acceptors (Lipinski definition) is 5. The number of carbonyl (C=O) groups excluding carboxylic acids is 1. The van der Waals surface area contributed by atoms with Crippen LogP contribution < -0.4 is 15.4 Å². The summed E-state index contributed by atoms with van der Waals surface area (Å²) in [5.74, 6) is 1.02. The van der Waals surface area contributed by atoms with Crippen molar-refractivity contribution in [1.82, 2.24) is 14.8 Å². The molecule has 7 nitrogen and oxygen atoms in total. The first-order valence-electron chi connectivity index (χ1n) is 7.90. The fourth-order valence-corrected chi connectivity index (χ4v) is 2.31. The molecule has 0 fully saturated rings. The predicted molar refractivity (Wildman–Crippen MR) is 96.3 cm³/mol. The number of rotatable bonds is 6. The summed E-state index contributed by atoms with van der Waals surface area (Å²) in [4.78, 5) is 16.8. The van der Waals surface area contributed by atoms with E-state index in [2.05, 4.69) is 20.7 Å². The van der Waals surface area contributed by atoms with Gasteiger partial charge in [-0.15, -0.1) is 0 Å². The third-order valence-electron chi connectivity index (χ3n) is 3.44. The van der Waals surface area contributed by atoms with E-state index in [9.17, 15) is 4.79 Å². The molecule has 0 spiro atoms. The molecule has 3 rings (SSSR count). The van der Waals surface area contributed by atoms with Crippen molar-refractivity contribution >= 4 is 23.1 Å². The van der Waals surface area contributed by atoms with Crippen LogP contribution in [0.1, 0.15) is 17.3 Å². The number of hydrogen-bond donors (Lipinski definition) is 2. The zero-order valence-electron chi connectivity index (χ0n) is 14.1. The molecule has 0 aliphatic carbocycles. The number of ether oxygens (including phenoxy) is 1. The maximum Gasteiger partial charge on any atom is 0.259 e. The van der Waals surface area contributed by atoms with Gasteiger partial charge in [0.25, 0.3) is 5.91 Å². The Bertz CT molecular complexity index is 858. The van der Waals surface area contributed by atoms with Crippen LogP contribution in [0.4, 0.5) is 17.2 Å². The normalized spacial score (nSPS) is 10.3. The average molecular weight is 337 g/mol. The number of nitrogens with one attached hydrogen (secondary N) is 2. The van der Waals surface area contributed by atoms with Crippen molar-refractivity contribution in [2.45, 2.75) is 6.92 Å². The molecule has 3 aromatic rings. The van der Waals surface area contributed by atoms with Gasteiger partial charge in [0.1, 0.15) is 11.6 Å². The van der Waals surface area contributed by atoms with Gasteiger partial charge in [-0.25, -0.2) is 4.98 Å². The number of amides is 1. The highest BCUT2D eigenvalue weighted by atomic mass is 16.5. The van der Waals surface area contributed by atoms with Crippen molar-refractivity contribution in [2.75, 3.05) is 17.2 Å². The van der Waals surface area contributed by atoms with Crippen LogP contribution in [0.15, 0.2) is 55.0 Å². The van der Waals surface area contributed by atoms with E-state index in [0.29, 0.717) is 23.7 Å². The number of aryl methyl sites for hydroxylation is 1. The first-order valence-corrected chi connectivity index (χ1v) is 7.90. The second kappa shape index (κ2) is 7.48. The van der Waals surface area contributed by atoms with Gasteiger partial charge in [-0.1, -0.05) is 0 Å². The summed E-state index contributed by atoms with van der Waals surface area (Å²) >= 11 is 0. The van der Waals surface area contributed by atoms with Crippen LogP contribution in [-0.4, -0.2) is 27.3 Å². The molecular weight excluding hydrogens is 318 g/mol. The molecule has 0 atom stereocenters. The lowest BCUT2D eigenvalue weighted by atomic mass is 10.2. The Labute approximate surface area is 145 Å². The van der Waals surface area contributed by atoms with E-state index in [4.69, 9.17) is 4.74 Å². The van der Waals surface area contributed by atoms with E-state index >= 15 is 0 Å². The molecule has 25 heavy (non-hydrogen) atoms. The third kappa shape index (κ3) is 4.14. The molecule has 0 radical (unpaired) electrons. The number of pyridine rings is 1. The minimum absolute atomic E-state index is 0.255. The molecule has 128 valence electrons. The molecule has 0 saturated carbocycles. The van der Waals surface area contributed by atoms with Gasteiger partial charge >= 0.3 is 0 Å². The zero-order valence-corrected chi connectivity index (χ0v) is 14.1. The van der Waals surface area contributed by atoms with E-state index in [-0.39, 0.29) is 5.91 Å². The van der Waals surface area contributed by atoms with E-state index in [0.717, 1.165) is 11.4 Å². The molecule has 0 unspecified atom stereocenters. The summed E-state index contributed by atoms with van der Waals surface area (Å²) in [6, 6.07) is 10.9. The fraction of sp³-hybridized carbons (Fsp3) is 0.167. The first kappa shape index (κ1) is 16.5. The molecule has 2 heterocycles. The van der Waals surface area contributed by atoms with E-state index in [1.807, 2.05) is 31.2 Å². The summed E-state index contributed by atoms with van der Waals surface area (Å²) in [6.07, 6.45) is 4.96. The molecular formula is C18H19N5O2. The van der Waals surface area contributed by atoms with Crippen molar-refractivity contribution in [3.05, 3.63) is 60.6 Å². The van der Waals surface area contributed by atoms with Gasteiger partial charge in [0.15, 0.2) is 0 Å². The number of nitrogens with zero attached hydrogens (tertiary/aromatic N) is 3. The standard InChI is InChI=1S/C18H19N5O2/c1-3-25-15-8-6-13(7-9-15)21-17-16(5-4-10-19-17)18(24)22-14-11-20-23(2)12-14/h4-12H,3H2,1-2H3,(H,19,21)(H,22,24). The first-order chi connectivity index (χ1) is 12.2. The molecule has 1 amide bonds. The maximum absolute atomic E-state index is 12.5. The summed E-state index contributed by atoms with van der Waals surface area (Å²) < 4.78 is 7.05. The number of aromatic nitrogens is 3. The van der Waals surface area contributed by atoms with E-state index < -0.39 is 0 Å². The van der Waals surface area contributed by atoms with Crippen LogP contribution in [0, 0.1) is 0 Å². The highest BCUT2D eigenvalue weighted by molar-refractivity contribution is 6.07. The van der Waals surface area contributed by atoms with E-state index in [1.165, 1.54) is 0 Å². The van der Waals surface area contributed by atoms with Crippen molar-refractivity contribution in [2.24, 2.45) is 7.05 Å². The smallest absolute Gasteiger partial charge is 0.259 e. The van der Waals surface area contributed by atoms with Crippen LogP contribution in [0.3, 0.4) is 0 Å². The largest absolute Gasteiger partial charge is 0.494 e. The van der Waals surface area contributed by atoms with Crippen molar-refractivity contribution < 1.29 is 9.53 Å². The van der Waals surface area contributed by atoms with Gasteiger partial charge in [-0.05, 0) is 43.3 Å². The van der Waals surface area contributed by atoms with Gasteiger partial charge in [-0.3, -0.25) is 9.48 Å². The average Bonchev–Trinajstić information content (AvgIpc) is 3.02. The van der Waals surface area contributed by atoms with Gasteiger partial charge < -0.3 is 15.4 Å². The second-order valence-electron chi connectivity index (χ2n) is 5.34. The van der Waals surface area contributed by atoms with Gasteiger partial charge in [0.2, 0.25) is 0 Å². The molecule has 1 aromatic carbocycles. The SMILES string of the molecule is CCOc1ccc(Nc2ncccc2C(=O)Nc2cnn(C)c2)cc1. The Morgan fingerprint density at radius 3 is 2.68 bits per heavy atom. The molecule has 2 N–H and O–H groups in total. The lowest BCUT2D eigenvalue weighted by Gasteiger charge is -2.11. The van der Waals surface area contributed by atoms with Crippen LogP contribution in [-0.2, 0) is 7.05 Å². The minimum Gasteiger partial charge on any atom is -0.494 e. The van der Waals surface area contributed by atoms with Crippen molar-refractivity contribution in [1.29, 1.82) is 0 Å². The Balaban J connectivity index is 1.77. The lowest BCUT2D eigenvalue weighted by molar-refractivity contribution is 0.102. The Hall–Kier alpha value is -3.35. The molecule has 0 aliphatic rings. The Kier molecular flexibility index (Phi) is 4.94. The van der Waals surface area contributed by atoms with Crippen molar-refractivity contribution in [3.63, 3.8) is 0 Å². The highest BCUT2D eigenvalue weighted by Gasteiger charge is 2.13. The Morgan fingerprint density at radius 2 is 2.00 bits per heavy atom. The third-order valence-corrected chi connectivity index (χ3v) is 3.44. The van der Waals surface area contributed by atoms with Crippen LogP contribution in [0.25, 0.3) is 0 Å². The fourth-order valence-electron chi connectivity index (χ4n) is 2.31. The van der Waals surface area contributed by atoms with Crippen LogP contribution >= 0.6 is 0 Å². The predicted octanol–water partition coefficient (Wildman–Crippen LogP) is 3.21. The summed E-state index contributed by atoms with van der Waals surface area (Å²) in [5.41, 5.74) is 1.89.